The van der Waals surface area contributed by atoms with Crippen molar-refractivity contribution in [2.45, 2.75) is 18.9 Å². The number of benzene rings is 1. The number of rotatable bonds is 4. The first-order valence-electron chi connectivity index (χ1n) is 7.54. The van der Waals surface area contributed by atoms with E-state index < -0.39 is 21.3 Å². The lowest BCUT2D eigenvalue weighted by Gasteiger charge is -2.23. The van der Waals surface area contributed by atoms with Crippen molar-refractivity contribution < 1.29 is 17.9 Å². The summed E-state index contributed by atoms with van der Waals surface area (Å²) in [5, 5.41) is 7.08. The van der Waals surface area contributed by atoms with Crippen LogP contribution >= 0.6 is 0 Å². The molecule has 1 saturated heterocycles. The summed E-state index contributed by atoms with van der Waals surface area (Å²) in [6.07, 6.45) is 2.01. The van der Waals surface area contributed by atoms with Gasteiger partial charge in [-0.3, -0.25) is 4.79 Å². The van der Waals surface area contributed by atoms with Gasteiger partial charge in [0.25, 0.3) is 5.91 Å². The number of hydrogen-bond acceptors (Lipinski definition) is 5. The lowest BCUT2D eigenvalue weighted by atomic mass is 10.0. The van der Waals surface area contributed by atoms with Crippen LogP contribution in [0.5, 0.6) is 5.75 Å². The van der Waals surface area contributed by atoms with E-state index in [-0.39, 0.29) is 17.2 Å². The van der Waals surface area contributed by atoms with Crippen LogP contribution in [-0.2, 0) is 9.84 Å². The zero-order valence-electron chi connectivity index (χ0n) is 13.5. The van der Waals surface area contributed by atoms with Gasteiger partial charge < -0.3 is 10.1 Å². The molecule has 24 heavy (non-hydrogen) atoms. The van der Waals surface area contributed by atoms with Crippen molar-refractivity contribution in [2.24, 2.45) is 0 Å². The van der Waals surface area contributed by atoms with Crippen LogP contribution in [0.15, 0.2) is 36.5 Å². The van der Waals surface area contributed by atoms with Gasteiger partial charge in [-0.25, -0.2) is 13.1 Å². The largest absolute Gasteiger partial charge is 0.493 e. The highest BCUT2D eigenvalue weighted by Crippen LogP contribution is 2.25. The van der Waals surface area contributed by atoms with Gasteiger partial charge in [0.05, 0.1) is 36.0 Å². The molecule has 3 rings (SSSR count). The van der Waals surface area contributed by atoms with Crippen LogP contribution < -0.4 is 10.1 Å². The second-order valence-corrected chi connectivity index (χ2v) is 8.37. The molecular weight excluding hydrogens is 330 g/mol. The van der Waals surface area contributed by atoms with E-state index in [0.29, 0.717) is 12.2 Å². The standard InChI is InChI=1S/C16H19N3O4S/c1-16(8-9-24(21,22)11-16)17-15(20)14-13(23-2)10-19(18-14)12-6-4-3-5-7-12/h3-7,10H,8-9,11H2,1-2H3,(H,17,20)/t16-/m0/s1. The third kappa shape index (κ3) is 3.28. The molecule has 0 spiro atoms. The Morgan fingerprint density at radius 2 is 2.04 bits per heavy atom. The molecule has 0 radical (unpaired) electrons. The predicted octanol–water partition coefficient (Wildman–Crippen LogP) is 1.19. The fraction of sp³-hybridized carbons (Fsp3) is 0.375. The summed E-state index contributed by atoms with van der Waals surface area (Å²) in [6, 6.07) is 9.35. The van der Waals surface area contributed by atoms with Crippen molar-refractivity contribution in [3.8, 4) is 11.4 Å². The molecule has 1 fully saturated rings. The molecule has 1 N–H and O–H groups in total. The normalized spacial score (nSPS) is 22.2. The molecule has 0 saturated carbocycles. The zero-order chi connectivity index (χ0) is 17.4. The summed E-state index contributed by atoms with van der Waals surface area (Å²) in [6.45, 7) is 1.73. The Bertz CT molecular complexity index is 861. The number of nitrogens with zero attached hydrogens (tertiary/aromatic N) is 2. The van der Waals surface area contributed by atoms with E-state index in [1.54, 1.807) is 17.8 Å². The fourth-order valence-electron chi connectivity index (χ4n) is 2.82. The average Bonchev–Trinajstić information content (AvgIpc) is 3.09. The Labute approximate surface area is 140 Å². The molecule has 8 heteroatoms. The number of nitrogens with one attached hydrogen (secondary N) is 1. The van der Waals surface area contributed by atoms with E-state index >= 15 is 0 Å². The van der Waals surface area contributed by atoms with Crippen LogP contribution in [0.2, 0.25) is 0 Å². The van der Waals surface area contributed by atoms with Crippen LogP contribution in [0, 0.1) is 0 Å². The minimum absolute atomic E-state index is 0.0621. The van der Waals surface area contributed by atoms with Crippen molar-refractivity contribution in [2.75, 3.05) is 18.6 Å². The molecule has 7 nitrogen and oxygen atoms in total. The Kier molecular flexibility index (Phi) is 4.08. The quantitative estimate of drug-likeness (QED) is 0.895. The van der Waals surface area contributed by atoms with E-state index in [0.717, 1.165) is 5.69 Å². The first-order chi connectivity index (χ1) is 11.3. The molecule has 0 bridgehead atoms. The van der Waals surface area contributed by atoms with Crippen LogP contribution in [-0.4, -0.2) is 48.3 Å². The molecule has 128 valence electrons. The van der Waals surface area contributed by atoms with Crippen LogP contribution in [0.1, 0.15) is 23.8 Å². The third-order valence-electron chi connectivity index (χ3n) is 4.06. The smallest absolute Gasteiger partial charge is 0.276 e. The number of carbonyl (C=O) groups excluding carboxylic acids is 1. The van der Waals surface area contributed by atoms with Crippen molar-refractivity contribution in [1.82, 2.24) is 15.1 Å². The van der Waals surface area contributed by atoms with Crippen molar-refractivity contribution in [3.63, 3.8) is 0 Å². The van der Waals surface area contributed by atoms with Gasteiger partial charge >= 0.3 is 0 Å². The topological polar surface area (TPSA) is 90.3 Å². The van der Waals surface area contributed by atoms with Gasteiger partial charge in [0.15, 0.2) is 21.3 Å². The Morgan fingerprint density at radius 3 is 2.62 bits per heavy atom. The Hall–Kier alpha value is -2.35. The predicted molar refractivity (Wildman–Crippen MR) is 89.3 cm³/mol. The lowest BCUT2D eigenvalue weighted by molar-refractivity contribution is 0.0907. The molecule has 1 aliphatic heterocycles. The molecule has 0 unspecified atom stereocenters. The van der Waals surface area contributed by atoms with Crippen molar-refractivity contribution in [3.05, 3.63) is 42.2 Å². The molecule has 2 aromatic rings. The summed E-state index contributed by atoms with van der Waals surface area (Å²) in [5.41, 5.74) is 0.147. The molecule has 1 aliphatic rings. The fourth-order valence-corrected chi connectivity index (χ4v) is 4.91. The number of methoxy groups -OCH3 is 1. The second kappa shape index (κ2) is 5.94. The van der Waals surface area contributed by atoms with Gasteiger partial charge in [-0.2, -0.15) is 5.10 Å². The van der Waals surface area contributed by atoms with Gasteiger partial charge in [-0.1, -0.05) is 18.2 Å². The maximum Gasteiger partial charge on any atom is 0.276 e. The van der Waals surface area contributed by atoms with E-state index in [1.165, 1.54) is 7.11 Å². The monoisotopic (exact) mass is 349 g/mol. The first kappa shape index (κ1) is 16.5. The summed E-state index contributed by atoms with van der Waals surface area (Å²) >= 11 is 0. The number of amides is 1. The number of ether oxygens (including phenoxy) is 1. The Balaban J connectivity index is 1.86. The second-order valence-electron chi connectivity index (χ2n) is 6.18. The highest BCUT2D eigenvalue weighted by molar-refractivity contribution is 7.91. The van der Waals surface area contributed by atoms with Crippen molar-refractivity contribution >= 4 is 15.7 Å². The van der Waals surface area contributed by atoms with Crippen LogP contribution in [0.3, 0.4) is 0 Å². The van der Waals surface area contributed by atoms with Gasteiger partial charge in [0, 0.05) is 0 Å². The Morgan fingerprint density at radius 1 is 1.33 bits per heavy atom. The third-order valence-corrected chi connectivity index (χ3v) is 5.96. The van der Waals surface area contributed by atoms with Gasteiger partial charge in [-0.05, 0) is 25.5 Å². The first-order valence-corrected chi connectivity index (χ1v) is 9.36. The minimum atomic E-state index is -3.11. The van der Waals surface area contributed by atoms with E-state index in [1.807, 2.05) is 30.3 Å². The molecule has 2 heterocycles. The number of sulfone groups is 1. The van der Waals surface area contributed by atoms with Gasteiger partial charge in [0.1, 0.15) is 0 Å². The molecular formula is C16H19N3O4S. The maximum absolute atomic E-state index is 12.6. The lowest BCUT2D eigenvalue weighted by Crippen LogP contribution is -2.47. The molecule has 1 aromatic heterocycles. The molecule has 1 amide bonds. The summed E-state index contributed by atoms with van der Waals surface area (Å²) in [7, 11) is -1.64. The number of hydrogen-bond donors (Lipinski definition) is 1. The number of para-hydroxylation sites is 1. The maximum atomic E-state index is 12.6. The zero-order valence-corrected chi connectivity index (χ0v) is 14.3. The van der Waals surface area contributed by atoms with E-state index in [4.69, 9.17) is 4.74 Å². The highest BCUT2D eigenvalue weighted by Gasteiger charge is 2.40. The highest BCUT2D eigenvalue weighted by atomic mass is 32.2. The van der Waals surface area contributed by atoms with Crippen LogP contribution in [0.4, 0.5) is 0 Å². The minimum Gasteiger partial charge on any atom is -0.493 e. The summed E-state index contributed by atoms with van der Waals surface area (Å²) < 4.78 is 30.2. The average molecular weight is 349 g/mol. The summed E-state index contributed by atoms with van der Waals surface area (Å²) in [5.74, 6) is -0.0887. The van der Waals surface area contributed by atoms with Gasteiger partial charge in [-0.15, -0.1) is 0 Å². The summed E-state index contributed by atoms with van der Waals surface area (Å²) in [4.78, 5) is 12.6. The molecule has 1 atom stereocenters. The van der Waals surface area contributed by atoms with E-state index in [2.05, 4.69) is 10.4 Å². The van der Waals surface area contributed by atoms with Gasteiger partial charge in [0.2, 0.25) is 0 Å². The van der Waals surface area contributed by atoms with E-state index in [9.17, 15) is 13.2 Å². The number of carbonyl (C=O) groups is 1. The molecule has 0 aliphatic carbocycles. The van der Waals surface area contributed by atoms with Crippen molar-refractivity contribution in [1.29, 1.82) is 0 Å². The number of aromatic nitrogens is 2. The molecule has 1 aromatic carbocycles. The van der Waals surface area contributed by atoms with Crippen LogP contribution in [0.25, 0.3) is 5.69 Å². The SMILES string of the molecule is COc1cn(-c2ccccc2)nc1C(=O)N[C@@]1(C)CCS(=O)(=O)C1.